The SMILES string of the molecule is Cc1ccccc1N1CCN(CC2C(=O)OC3C2CCC2CCCC(C)(C)C23)CC1. The molecule has 2 saturated carbocycles. The molecule has 0 N–H and O–H groups in total. The summed E-state index contributed by atoms with van der Waals surface area (Å²) < 4.78 is 6.15. The van der Waals surface area contributed by atoms with Gasteiger partial charge in [0.2, 0.25) is 0 Å². The second kappa shape index (κ2) is 7.85. The number of aryl methyl sites for hydroxylation is 1. The molecule has 0 spiro atoms. The fourth-order valence-electron chi connectivity index (χ4n) is 7.24. The largest absolute Gasteiger partial charge is 0.461 e. The lowest BCUT2D eigenvalue weighted by Gasteiger charge is -2.51. The van der Waals surface area contributed by atoms with Crippen LogP contribution < -0.4 is 4.90 Å². The van der Waals surface area contributed by atoms with Gasteiger partial charge in [-0.25, -0.2) is 0 Å². The molecule has 0 amide bonds. The normalized spacial score (nSPS) is 36.2. The number of hydrogen-bond acceptors (Lipinski definition) is 4. The van der Waals surface area contributed by atoms with Crippen molar-refractivity contribution in [2.45, 2.75) is 59.0 Å². The van der Waals surface area contributed by atoms with Crippen LogP contribution in [0.4, 0.5) is 5.69 Å². The number of ether oxygens (including phenoxy) is 1. The number of rotatable bonds is 3. The maximum atomic E-state index is 13.0. The summed E-state index contributed by atoms with van der Waals surface area (Å²) in [5.41, 5.74) is 3.01. The zero-order chi connectivity index (χ0) is 20.9. The number of fused-ring (bicyclic) bond motifs is 3. The van der Waals surface area contributed by atoms with Crippen LogP contribution in [0.5, 0.6) is 0 Å². The van der Waals surface area contributed by atoms with E-state index in [0.29, 0.717) is 17.3 Å². The summed E-state index contributed by atoms with van der Waals surface area (Å²) in [7, 11) is 0. The Bertz CT molecular complexity index is 783. The van der Waals surface area contributed by atoms with Gasteiger partial charge < -0.3 is 9.64 Å². The second-order valence-electron chi connectivity index (χ2n) is 11.0. The van der Waals surface area contributed by atoms with Crippen molar-refractivity contribution < 1.29 is 9.53 Å². The quantitative estimate of drug-likeness (QED) is 0.687. The van der Waals surface area contributed by atoms with Crippen LogP contribution in [0.1, 0.15) is 51.5 Å². The maximum Gasteiger partial charge on any atom is 0.310 e. The number of piperazine rings is 1. The highest BCUT2D eigenvalue weighted by molar-refractivity contribution is 5.75. The topological polar surface area (TPSA) is 32.8 Å². The Balaban J connectivity index is 1.23. The van der Waals surface area contributed by atoms with Crippen LogP contribution >= 0.6 is 0 Å². The van der Waals surface area contributed by atoms with Crippen LogP contribution in [0.25, 0.3) is 0 Å². The van der Waals surface area contributed by atoms with Gasteiger partial charge in [-0.3, -0.25) is 9.69 Å². The standard InChI is InChI=1S/C26H38N2O2/c1-18-7-4-5-9-22(18)28-15-13-27(14-16-28)17-21-20-11-10-19-8-6-12-26(2,3)23(19)24(20)30-25(21)29/h4-5,7,9,19-21,23-24H,6,8,10-17H2,1-3H3. The number of hydrogen-bond donors (Lipinski definition) is 0. The van der Waals surface area contributed by atoms with E-state index in [2.05, 4.69) is 54.8 Å². The van der Waals surface area contributed by atoms with Crippen molar-refractivity contribution in [1.29, 1.82) is 0 Å². The van der Waals surface area contributed by atoms with Crippen LogP contribution in [0, 0.1) is 36.0 Å². The van der Waals surface area contributed by atoms with E-state index in [9.17, 15) is 4.79 Å². The Kier molecular flexibility index (Phi) is 5.33. The lowest BCUT2D eigenvalue weighted by atomic mass is 9.55. The molecule has 5 rings (SSSR count). The van der Waals surface area contributed by atoms with Crippen LogP contribution in [0.2, 0.25) is 0 Å². The van der Waals surface area contributed by atoms with Gasteiger partial charge in [-0.05, 0) is 49.1 Å². The minimum Gasteiger partial charge on any atom is -0.461 e. The van der Waals surface area contributed by atoms with Crippen molar-refractivity contribution >= 4 is 11.7 Å². The van der Waals surface area contributed by atoms with Crippen LogP contribution in [0.15, 0.2) is 24.3 Å². The van der Waals surface area contributed by atoms with Gasteiger partial charge in [0.15, 0.2) is 0 Å². The first-order chi connectivity index (χ1) is 14.4. The predicted molar refractivity (Wildman–Crippen MR) is 121 cm³/mol. The molecule has 4 nitrogen and oxygen atoms in total. The van der Waals surface area contributed by atoms with E-state index in [0.717, 1.165) is 38.6 Å². The smallest absolute Gasteiger partial charge is 0.310 e. The van der Waals surface area contributed by atoms with Gasteiger partial charge in [-0.1, -0.05) is 44.9 Å². The number of para-hydroxylation sites is 1. The van der Waals surface area contributed by atoms with Gasteiger partial charge in [0, 0.05) is 50.2 Å². The van der Waals surface area contributed by atoms with Crippen molar-refractivity contribution in [3.8, 4) is 0 Å². The Hall–Kier alpha value is -1.55. The Labute approximate surface area is 182 Å². The molecular formula is C26H38N2O2. The molecule has 0 radical (unpaired) electrons. The third-order valence-corrected chi connectivity index (χ3v) is 8.81. The van der Waals surface area contributed by atoms with Crippen molar-refractivity contribution in [2.24, 2.45) is 29.1 Å². The second-order valence-corrected chi connectivity index (χ2v) is 11.0. The summed E-state index contributed by atoms with van der Waals surface area (Å²) in [6.07, 6.45) is 6.60. The predicted octanol–water partition coefficient (Wildman–Crippen LogP) is 4.51. The molecule has 5 unspecified atom stereocenters. The zero-order valence-corrected chi connectivity index (χ0v) is 19.0. The number of anilines is 1. The zero-order valence-electron chi connectivity index (χ0n) is 19.0. The average Bonchev–Trinajstić information content (AvgIpc) is 3.04. The van der Waals surface area contributed by atoms with Crippen molar-refractivity contribution in [3.63, 3.8) is 0 Å². The van der Waals surface area contributed by atoms with E-state index in [1.54, 1.807) is 0 Å². The molecule has 30 heavy (non-hydrogen) atoms. The van der Waals surface area contributed by atoms with Crippen LogP contribution in [-0.4, -0.2) is 49.7 Å². The van der Waals surface area contributed by atoms with E-state index in [1.807, 2.05) is 0 Å². The number of benzene rings is 1. The van der Waals surface area contributed by atoms with E-state index in [1.165, 1.54) is 43.4 Å². The van der Waals surface area contributed by atoms with E-state index in [4.69, 9.17) is 4.74 Å². The molecule has 2 saturated heterocycles. The minimum atomic E-state index is 0.0821. The molecule has 1 aromatic carbocycles. The van der Waals surface area contributed by atoms with Gasteiger partial charge in [-0.2, -0.15) is 0 Å². The Morgan fingerprint density at radius 2 is 1.83 bits per heavy atom. The number of carbonyl (C=O) groups excluding carboxylic acids is 1. The first-order valence-electron chi connectivity index (χ1n) is 12.2. The maximum absolute atomic E-state index is 13.0. The molecule has 5 atom stereocenters. The summed E-state index contributed by atoms with van der Waals surface area (Å²) in [6.45, 7) is 12.1. The fraction of sp³-hybridized carbons (Fsp3) is 0.731. The fourth-order valence-corrected chi connectivity index (χ4v) is 7.24. The molecule has 164 valence electrons. The summed E-state index contributed by atoms with van der Waals surface area (Å²) in [4.78, 5) is 18.0. The molecular weight excluding hydrogens is 372 g/mol. The van der Waals surface area contributed by atoms with Gasteiger partial charge in [-0.15, -0.1) is 0 Å². The number of carbonyl (C=O) groups is 1. The van der Waals surface area contributed by atoms with Gasteiger partial charge in [0.1, 0.15) is 6.10 Å². The van der Waals surface area contributed by atoms with E-state index >= 15 is 0 Å². The Morgan fingerprint density at radius 3 is 2.60 bits per heavy atom. The van der Waals surface area contributed by atoms with Gasteiger partial charge in [0.25, 0.3) is 0 Å². The molecule has 0 bridgehead atoms. The van der Waals surface area contributed by atoms with E-state index < -0.39 is 0 Å². The average molecular weight is 411 g/mol. The van der Waals surface area contributed by atoms with Crippen LogP contribution in [0.3, 0.4) is 0 Å². The third-order valence-electron chi connectivity index (χ3n) is 8.81. The molecule has 4 heteroatoms. The first-order valence-corrected chi connectivity index (χ1v) is 12.2. The van der Waals surface area contributed by atoms with Crippen molar-refractivity contribution in [3.05, 3.63) is 29.8 Å². The summed E-state index contributed by atoms with van der Waals surface area (Å²) >= 11 is 0. The lowest BCUT2D eigenvalue weighted by molar-refractivity contribution is -0.152. The highest BCUT2D eigenvalue weighted by atomic mass is 16.6. The van der Waals surface area contributed by atoms with Crippen LogP contribution in [-0.2, 0) is 9.53 Å². The molecule has 0 aromatic heterocycles. The molecule has 4 fully saturated rings. The summed E-state index contributed by atoms with van der Waals surface area (Å²) in [5.74, 6) is 1.94. The molecule has 2 aliphatic carbocycles. The van der Waals surface area contributed by atoms with Gasteiger partial charge in [0.05, 0.1) is 5.92 Å². The van der Waals surface area contributed by atoms with E-state index in [-0.39, 0.29) is 18.0 Å². The van der Waals surface area contributed by atoms with Gasteiger partial charge >= 0.3 is 5.97 Å². The monoisotopic (exact) mass is 410 g/mol. The Morgan fingerprint density at radius 1 is 1.07 bits per heavy atom. The molecule has 2 heterocycles. The molecule has 2 aliphatic heterocycles. The summed E-state index contributed by atoms with van der Waals surface area (Å²) in [6, 6.07) is 8.67. The summed E-state index contributed by atoms with van der Waals surface area (Å²) in [5, 5.41) is 0. The molecule has 4 aliphatic rings. The highest BCUT2D eigenvalue weighted by Crippen LogP contribution is 2.56. The number of esters is 1. The molecule has 1 aromatic rings. The lowest BCUT2D eigenvalue weighted by Crippen LogP contribution is -2.51. The third kappa shape index (κ3) is 3.55. The highest BCUT2D eigenvalue weighted by Gasteiger charge is 2.56. The van der Waals surface area contributed by atoms with Crippen molar-refractivity contribution in [1.82, 2.24) is 4.90 Å². The minimum absolute atomic E-state index is 0.0821. The first kappa shape index (κ1) is 20.4. The van der Waals surface area contributed by atoms with Crippen molar-refractivity contribution in [2.75, 3.05) is 37.6 Å². The number of nitrogens with zero attached hydrogens (tertiary/aromatic N) is 2.